The molecule has 1 aromatic heterocycles. The third-order valence-corrected chi connectivity index (χ3v) is 4.16. The first-order valence-corrected chi connectivity index (χ1v) is 7.26. The maximum Gasteiger partial charge on any atom is 0.236 e. The third kappa shape index (κ3) is 4.15. The van der Waals surface area contributed by atoms with Crippen LogP contribution >= 0.6 is 0 Å². The van der Waals surface area contributed by atoms with E-state index in [4.69, 9.17) is 4.74 Å². The molecule has 0 saturated heterocycles. The van der Waals surface area contributed by atoms with Crippen LogP contribution in [0.1, 0.15) is 13.8 Å². The van der Waals surface area contributed by atoms with E-state index >= 15 is 0 Å². The Morgan fingerprint density at radius 3 is 2.67 bits per heavy atom. The van der Waals surface area contributed by atoms with Gasteiger partial charge in [-0.15, -0.1) is 0 Å². The number of sulfonamides is 1. The Labute approximate surface area is 108 Å². The topological polar surface area (TPSA) is 80.3 Å². The summed E-state index contributed by atoms with van der Waals surface area (Å²) in [5.41, 5.74) is 0.430. The number of nitrogens with zero attached hydrogens (tertiary/aromatic N) is 1. The molecular formula is C11H19N3O3S. The zero-order valence-corrected chi connectivity index (χ0v) is 11.6. The minimum Gasteiger partial charge on any atom is -0.481 e. The molecule has 0 aliphatic carbocycles. The van der Waals surface area contributed by atoms with E-state index in [2.05, 4.69) is 15.0 Å². The molecule has 0 saturated carbocycles. The van der Waals surface area contributed by atoms with Crippen LogP contribution in [-0.2, 0) is 10.0 Å². The zero-order valence-electron chi connectivity index (χ0n) is 10.8. The molecule has 0 bridgehead atoms. The molecule has 1 unspecified atom stereocenters. The van der Waals surface area contributed by atoms with Crippen LogP contribution in [0, 0.1) is 0 Å². The van der Waals surface area contributed by atoms with Crippen LogP contribution < -0.4 is 14.8 Å². The molecule has 1 aromatic rings. The molecule has 1 rings (SSSR count). The monoisotopic (exact) mass is 273 g/mol. The molecule has 2 N–H and O–H groups in total. The molecule has 102 valence electrons. The molecule has 7 heteroatoms. The molecule has 0 radical (unpaired) electrons. The van der Waals surface area contributed by atoms with Gasteiger partial charge >= 0.3 is 0 Å². The summed E-state index contributed by atoms with van der Waals surface area (Å²) in [4.78, 5) is 3.94. The first-order chi connectivity index (χ1) is 8.49. The van der Waals surface area contributed by atoms with Gasteiger partial charge in [-0.25, -0.2) is 13.4 Å². The zero-order chi connectivity index (χ0) is 13.6. The number of aromatic nitrogens is 1. The molecule has 0 amide bonds. The summed E-state index contributed by atoms with van der Waals surface area (Å²) in [5.74, 6) is 0.443. The van der Waals surface area contributed by atoms with Crippen LogP contribution in [0.4, 0.5) is 5.69 Å². The van der Waals surface area contributed by atoms with Gasteiger partial charge in [0.2, 0.25) is 15.9 Å². The third-order valence-electron chi connectivity index (χ3n) is 2.42. The van der Waals surface area contributed by atoms with Crippen molar-refractivity contribution in [1.82, 2.24) is 10.3 Å². The maximum absolute atomic E-state index is 12.0. The van der Waals surface area contributed by atoms with Gasteiger partial charge in [0.05, 0.1) is 24.2 Å². The van der Waals surface area contributed by atoms with Crippen LogP contribution in [0.2, 0.25) is 0 Å². The van der Waals surface area contributed by atoms with Gasteiger partial charge in [0.1, 0.15) is 0 Å². The van der Waals surface area contributed by atoms with E-state index in [1.165, 1.54) is 13.3 Å². The Bertz CT molecular complexity index is 459. The molecule has 6 nitrogen and oxygen atoms in total. The molecule has 0 fully saturated rings. The van der Waals surface area contributed by atoms with E-state index in [9.17, 15) is 8.42 Å². The van der Waals surface area contributed by atoms with Gasteiger partial charge in [-0.3, -0.25) is 4.72 Å². The predicted octanol–water partition coefficient (Wildman–Crippen LogP) is 0.830. The number of pyridine rings is 1. The molecule has 0 spiro atoms. The number of hydrogen-bond donors (Lipinski definition) is 2. The predicted molar refractivity (Wildman–Crippen MR) is 71.3 cm³/mol. The van der Waals surface area contributed by atoms with Crippen LogP contribution in [0.5, 0.6) is 5.88 Å². The lowest BCUT2D eigenvalue weighted by atomic mass is 10.4. The second-order valence-electron chi connectivity index (χ2n) is 3.85. The fourth-order valence-electron chi connectivity index (χ4n) is 1.28. The van der Waals surface area contributed by atoms with Crippen LogP contribution in [0.3, 0.4) is 0 Å². The minimum atomic E-state index is -3.40. The van der Waals surface area contributed by atoms with Crippen molar-refractivity contribution in [3.05, 3.63) is 18.3 Å². The van der Waals surface area contributed by atoms with E-state index < -0.39 is 15.3 Å². The highest BCUT2D eigenvalue weighted by Crippen LogP contribution is 2.14. The summed E-state index contributed by atoms with van der Waals surface area (Å²) in [6, 6.07) is 3.22. The van der Waals surface area contributed by atoms with Crippen molar-refractivity contribution >= 4 is 15.7 Å². The summed E-state index contributed by atoms with van der Waals surface area (Å²) in [7, 11) is -1.89. The van der Waals surface area contributed by atoms with Crippen molar-refractivity contribution in [2.24, 2.45) is 0 Å². The van der Waals surface area contributed by atoms with Crippen LogP contribution in [0.15, 0.2) is 18.3 Å². The van der Waals surface area contributed by atoms with Crippen molar-refractivity contribution in [2.45, 2.75) is 19.1 Å². The average Bonchev–Trinajstić information content (AvgIpc) is 2.36. The van der Waals surface area contributed by atoms with Crippen molar-refractivity contribution in [3.63, 3.8) is 0 Å². The Kier molecular flexibility index (Phi) is 5.36. The lowest BCUT2D eigenvalue weighted by molar-refractivity contribution is 0.398. The van der Waals surface area contributed by atoms with Gasteiger partial charge < -0.3 is 10.1 Å². The van der Waals surface area contributed by atoms with E-state index in [0.29, 0.717) is 18.1 Å². The lowest BCUT2D eigenvalue weighted by Gasteiger charge is -2.14. The van der Waals surface area contributed by atoms with Gasteiger partial charge in [0, 0.05) is 12.6 Å². The van der Waals surface area contributed by atoms with E-state index in [1.807, 2.05) is 6.92 Å². The Morgan fingerprint density at radius 1 is 1.44 bits per heavy atom. The largest absolute Gasteiger partial charge is 0.481 e. The summed E-state index contributed by atoms with van der Waals surface area (Å²) < 4.78 is 31.3. The summed E-state index contributed by atoms with van der Waals surface area (Å²) in [6.07, 6.45) is 1.43. The van der Waals surface area contributed by atoms with Gasteiger partial charge in [-0.2, -0.15) is 0 Å². The molecule has 0 aliphatic heterocycles. The smallest absolute Gasteiger partial charge is 0.236 e. The minimum absolute atomic E-state index is 0.412. The Morgan fingerprint density at radius 2 is 2.17 bits per heavy atom. The highest BCUT2D eigenvalue weighted by molar-refractivity contribution is 7.93. The Hall–Kier alpha value is -1.34. The molecule has 0 aromatic carbocycles. The van der Waals surface area contributed by atoms with E-state index in [0.717, 1.165) is 6.54 Å². The number of methoxy groups -OCH3 is 1. The fourth-order valence-corrected chi connectivity index (χ4v) is 2.27. The van der Waals surface area contributed by atoms with Gasteiger partial charge in [0.15, 0.2) is 0 Å². The number of ether oxygens (including phenoxy) is 1. The number of hydrogen-bond acceptors (Lipinski definition) is 5. The van der Waals surface area contributed by atoms with Crippen molar-refractivity contribution in [2.75, 3.05) is 24.9 Å². The van der Waals surface area contributed by atoms with Crippen molar-refractivity contribution in [3.8, 4) is 5.88 Å². The SMILES string of the molecule is CCNCC(C)S(=O)(=O)Nc1ccc(OC)nc1. The Balaban J connectivity index is 2.69. The standard InChI is InChI=1S/C11H19N3O3S/c1-4-12-7-9(2)18(15,16)14-10-5-6-11(17-3)13-8-10/h5-6,8-9,12,14H,4,7H2,1-3H3. The van der Waals surface area contributed by atoms with E-state index in [-0.39, 0.29) is 0 Å². The second kappa shape index (κ2) is 6.55. The van der Waals surface area contributed by atoms with Gasteiger partial charge in [0.25, 0.3) is 0 Å². The van der Waals surface area contributed by atoms with Crippen LogP contribution in [0.25, 0.3) is 0 Å². The molecule has 1 atom stereocenters. The molecular weight excluding hydrogens is 254 g/mol. The molecule has 18 heavy (non-hydrogen) atoms. The maximum atomic E-state index is 12.0. The van der Waals surface area contributed by atoms with Crippen LogP contribution in [-0.4, -0.2) is 38.9 Å². The normalized spacial score (nSPS) is 13.1. The highest BCUT2D eigenvalue weighted by atomic mass is 32.2. The highest BCUT2D eigenvalue weighted by Gasteiger charge is 2.20. The molecule has 1 heterocycles. The molecule has 0 aliphatic rings. The van der Waals surface area contributed by atoms with Crippen molar-refractivity contribution < 1.29 is 13.2 Å². The summed E-state index contributed by atoms with van der Waals surface area (Å²) in [6.45, 7) is 4.74. The fraction of sp³-hybridized carbons (Fsp3) is 0.545. The quantitative estimate of drug-likeness (QED) is 0.769. The van der Waals surface area contributed by atoms with Crippen molar-refractivity contribution in [1.29, 1.82) is 0 Å². The number of anilines is 1. The summed E-state index contributed by atoms with van der Waals surface area (Å²) >= 11 is 0. The number of rotatable bonds is 7. The van der Waals surface area contributed by atoms with E-state index in [1.54, 1.807) is 19.1 Å². The van der Waals surface area contributed by atoms with Gasteiger partial charge in [-0.05, 0) is 19.5 Å². The first-order valence-electron chi connectivity index (χ1n) is 5.72. The first kappa shape index (κ1) is 14.7. The average molecular weight is 273 g/mol. The summed E-state index contributed by atoms with van der Waals surface area (Å²) in [5, 5.41) is 2.49. The lowest BCUT2D eigenvalue weighted by Crippen LogP contribution is -2.34. The number of nitrogens with one attached hydrogen (secondary N) is 2. The van der Waals surface area contributed by atoms with Gasteiger partial charge in [-0.1, -0.05) is 6.92 Å². The second-order valence-corrected chi connectivity index (χ2v) is 5.95.